The van der Waals surface area contributed by atoms with Crippen LogP contribution in [0.4, 0.5) is 5.00 Å². The van der Waals surface area contributed by atoms with E-state index >= 15 is 0 Å². The Balaban J connectivity index is 1.99. The minimum absolute atomic E-state index is 0.133. The molecule has 0 spiro atoms. The molecule has 0 radical (unpaired) electrons. The zero-order valence-electron chi connectivity index (χ0n) is 10.1. The summed E-state index contributed by atoms with van der Waals surface area (Å²) in [6.07, 6.45) is 3.11. The monoisotopic (exact) mass is 269 g/mol. The lowest BCUT2D eigenvalue weighted by Gasteiger charge is -2.39. The summed E-state index contributed by atoms with van der Waals surface area (Å²) < 4.78 is 5.37. The van der Waals surface area contributed by atoms with Gasteiger partial charge in [-0.3, -0.25) is 4.79 Å². The molecule has 1 aliphatic carbocycles. The number of thiophene rings is 1. The van der Waals surface area contributed by atoms with E-state index in [-0.39, 0.29) is 23.5 Å². The van der Waals surface area contributed by atoms with Crippen LogP contribution in [0.25, 0.3) is 0 Å². The quantitative estimate of drug-likeness (QED) is 0.860. The first-order valence-electron chi connectivity index (χ1n) is 5.72. The third kappa shape index (κ3) is 2.54. The zero-order valence-corrected chi connectivity index (χ0v) is 10.9. The Morgan fingerprint density at radius 2 is 2.28 bits per heavy atom. The zero-order chi connectivity index (χ0) is 13.2. The fourth-order valence-corrected chi connectivity index (χ4v) is 2.86. The highest BCUT2D eigenvalue weighted by Crippen LogP contribution is 2.38. The molecule has 6 heteroatoms. The third-order valence-corrected chi connectivity index (χ3v) is 4.16. The van der Waals surface area contributed by atoms with E-state index in [0.29, 0.717) is 5.00 Å². The van der Waals surface area contributed by atoms with E-state index in [1.807, 2.05) is 0 Å². The van der Waals surface area contributed by atoms with Gasteiger partial charge in [0, 0.05) is 7.11 Å². The van der Waals surface area contributed by atoms with E-state index in [1.54, 1.807) is 12.5 Å². The Hall–Kier alpha value is -1.40. The molecule has 1 fully saturated rings. The second-order valence-electron chi connectivity index (χ2n) is 4.43. The van der Waals surface area contributed by atoms with Crippen molar-refractivity contribution in [2.45, 2.75) is 31.3 Å². The van der Waals surface area contributed by atoms with Crippen molar-refractivity contribution in [3.8, 4) is 0 Å². The maximum absolute atomic E-state index is 11.9. The van der Waals surface area contributed by atoms with E-state index in [1.165, 1.54) is 17.4 Å². The second kappa shape index (κ2) is 5.07. The Kier molecular flexibility index (Phi) is 3.68. The van der Waals surface area contributed by atoms with Gasteiger partial charge in [0.2, 0.25) is 5.91 Å². The standard InChI is InChI=1S/C12H15NO4S/c1-17-12(4-2-5-12)7-9(14)13-10-8(11(15)16)3-6-18-10/h3,6H,2,4-5,7H2,1H3,(H,13,14)(H,15,16). The molecular weight excluding hydrogens is 254 g/mol. The van der Waals surface area contributed by atoms with Crippen molar-refractivity contribution in [2.24, 2.45) is 0 Å². The summed E-state index contributed by atoms with van der Waals surface area (Å²) >= 11 is 1.21. The maximum atomic E-state index is 11.9. The molecule has 1 heterocycles. The van der Waals surface area contributed by atoms with E-state index < -0.39 is 5.97 Å². The number of methoxy groups -OCH3 is 1. The van der Waals surface area contributed by atoms with E-state index in [0.717, 1.165) is 19.3 Å². The fourth-order valence-electron chi connectivity index (χ4n) is 2.06. The molecule has 2 N–H and O–H groups in total. The maximum Gasteiger partial charge on any atom is 0.338 e. The number of carbonyl (C=O) groups is 2. The minimum atomic E-state index is -1.03. The predicted octanol–water partition coefficient (Wildman–Crippen LogP) is 2.34. The number of amides is 1. The number of anilines is 1. The molecule has 98 valence electrons. The van der Waals surface area contributed by atoms with Crippen LogP contribution < -0.4 is 5.32 Å². The molecule has 0 atom stereocenters. The van der Waals surface area contributed by atoms with Crippen molar-refractivity contribution in [3.05, 3.63) is 17.0 Å². The molecule has 0 unspecified atom stereocenters. The Morgan fingerprint density at radius 3 is 2.78 bits per heavy atom. The molecule has 5 nitrogen and oxygen atoms in total. The summed E-state index contributed by atoms with van der Waals surface area (Å²) in [6.45, 7) is 0. The first-order chi connectivity index (χ1) is 8.56. The topological polar surface area (TPSA) is 75.6 Å². The molecule has 2 rings (SSSR count). The molecular formula is C12H15NO4S. The fraction of sp³-hybridized carbons (Fsp3) is 0.500. The highest BCUT2D eigenvalue weighted by Gasteiger charge is 2.39. The normalized spacial score (nSPS) is 16.9. The second-order valence-corrected chi connectivity index (χ2v) is 5.35. The number of rotatable bonds is 5. The number of nitrogens with one attached hydrogen (secondary N) is 1. The molecule has 1 amide bonds. The van der Waals surface area contributed by atoms with E-state index in [4.69, 9.17) is 9.84 Å². The summed E-state index contributed by atoms with van der Waals surface area (Å²) in [5.41, 5.74) is -0.210. The van der Waals surface area contributed by atoms with Crippen LogP contribution in [0, 0.1) is 0 Å². The van der Waals surface area contributed by atoms with Crippen LogP contribution in [-0.4, -0.2) is 29.7 Å². The lowest BCUT2D eigenvalue weighted by Crippen LogP contribution is -2.42. The molecule has 0 saturated heterocycles. The van der Waals surface area contributed by atoms with Gasteiger partial charge in [-0.1, -0.05) is 0 Å². The molecule has 0 aliphatic heterocycles. The molecule has 18 heavy (non-hydrogen) atoms. The molecule has 0 bridgehead atoms. The van der Waals surface area contributed by atoms with Crippen molar-refractivity contribution in [1.29, 1.82) is 0 Å². The highest BCUT2D eigenvalue weighted by molar-refractivity contribution is 7.14. The number of aromatic carboxylic acids is 1. The van der Waals surface area contributed by atoms with Crippen LogP contribution in [0.2, 0.25) is 0 Å². The van der Waals surface area contributed by atoms with Crippen molar-refractivity contribution in [1.82, 2.24) is 0 Å². The summed E-state index contributed by atoms with van der Waals surface area (Å²) in [5.74, 6) is -1.22. The van der Waals surface area contributed by atoms with Gasteiger partial charge in [-0.05, 0) is 30.7 Å². The minimum Gasteiger partial charge on any atom is -0.478 e. The van der Waals surface area contributed by atoms with Gasteiger partial charge in [-0.2, -0.15) is 0 Å². The molecule has 1 aliphatic rings. The number of carboxylic acid groups (broad SMARTS) is 1. The average Bonchev–Trinajstić information content (AvgIpc) is 2.71. The molecule has 1 saturated carbocycles. The summed E-state index contributed by atoms with van der Waals surface area (Å²) in [4.78, 5) is 22.8. The molecule has 1 aromatic heterocycles. The Morgan fingerprint density at radius 1 is 1.56 bits per heavy atom. The largest absolute Gasteiger partial charge is 0.478 e. The van der Waals surface area contributed by atoms with Crippen molar-refractivity contribution >= 4 is 28.2 Å². The van der Waals surface area contributed by atoms with Crippen LogP contribution in [-0.2, 0) is 9.53 Å². The third-order valence-electron chi connectivity index (χ3n) is 3.33. The Bertz CT molecular complexity index is 459. The lowest BCUT2D eigenvalue weighted by molar-refractivity contribution is -0.129. The van der Waals surface area contributed by atoms with E-state index in [9.17, 15) is 9.59 Å². The van der Waals surface area contributed by atoms with Crippen molar-refractivity contribution in [3.63, 3.8) is 0 Å². The van der Waals surface area contributed by atoms with Crippen molar-refractivity contribution in [2.75, 3.05) is 12.4 Å². The molecule has 0 aromatic carbocycles. The predicted molar refractivity (Wildman–Crippen MR) is 68.1 cm³/mol. The summed E-state index contributed by atoms with van der Waals surface area (Å²) in [7, 11) is 1.61. The molecule has 1 aromatic rings. The SMILES string of the molecule is COC1(CC(=O)Nc2sccc2C(=O)O)CCC1. The van der Waals surface area contributed by atoms with Crippen LogP contribution in [0.1, 0.15) is 36.0 Å². The van der Waals surface area contributed by atoms with Gasteiger partial charge < -0.3 is 15.2 Å². The van der Waals surface area contributed by atoms with Gasteiger partial charge in [-0.25, -0.2) is 4.79 Å². The number of carboxylic acids is 1. The van der Waals surface area contributed by atoms with Gasteiger partial charge in [0.1, 0.15) is 5.00 Å². The van der Waals surface area contributed by atoms with Crippen LogP contribution in [0.15, 0.2) is 11.4 Å². The number of hydrogen-bond donors (Lipinski definition) is 2. The Labute approximate surface area is 109 Å². The number of ether oxygens (including phenoxy) is 1. The number of carbonyl (C=O) groups excluding carboxylic acids is 1. The van der Waals surface area contributed by atoms with Gasteiger partial charge >= 0.3 is 5.97 Å². The van der Waals surface area contributed by atoms with Crippen LogP contribution in [0.3, 0.4) is 0 Å². The van der Waals surface area contributed by atoms with Gasteiger partial charge in [-0.15, -0.1) is 11.3 Å². The van der Waals surface area contributed by atoms with Crippen LogP contribution >= 0.6 is 11.3 Å². The number of hydrogen-bond acceptors (Lipinski definition) is 4. The van der Waals surface area contributed by atoms with Crippen LogP contribution in [0.5, 0.6) is 0 Å². The summed E-state index contributed by atoms with van der Waals surface area (Å²) in [6, 6.07) is 1.48. The van der Waals surface area contributed by atoms with Gasteiger partial charge in [0.25, 0.3) is 0 Å². The van der Waals surface area contributed by atoms with Crippen molar-refractivity contribution < 1.29 is 19.4 Å². The smallest absolute Gasteiger partial charge is 0.338 e. The highest BCUT2D eigenvalue weighted by atomic mass is 32.1. The lowest BCUT2D eigenvalue weighted by atomic mass is 9.77. The van der Waals surface area contributed by atoms with Gasteiger partial charge in [0.05, 0.1) is 17.6 Å². The first kappa shape index (κ1) is 13.0. The van der Waals surface area contributed by atoms with Gasteiger partial charge in [0.15, 0.2) is 0 Å². The first-order valence-corrected chi connectivity index (χ1v) is 6.60. The van der Waals surface area contributed by atoms with E-state index in [2.05, 4.69) is 5.32 Å². The summed E-state index contributed by atoms with van der Waals surface area (Å²) in [5, 5.41) is 13.6. The average molecular weight is 269 g/mol.